The summed E-state index contributed by atoms with van der Waals surface area (Å²) in [6.45, 7) is 1.95. The van der Waals surface area contributed by atoms with Crippen molar-refractivity contribution in [2.45, 2.75) is 6.92 Å². The van der Waals surface area contributed by atoms with Crippen LogP contribution in [0.4, 0.5) is 0 Å². The second-order valence-electron chi connectivity index (χ2n) is 3.60. The molecule has 1 aromatic heterocycles. The highest BCUT2D eigenvalue weighted by atomic mass is 79.9. The summed E-state index contributed by atoms with van der Waals surface area (Å²) >= 11 is 8.52. The van der Waals surface area contributed by atoms with Gasteiger partial charge in [0.15, 0.2) is 4.77 Å². The number of aromatic nitrogens is 2. The zero-order valence-electron chi connectivity index (χ0n) is 9.45. The predicted molar refractivity (Wildman–Crippen MR) is 73.8 cm³/mol. The molecule has 1 aromatic carbocycles. The maximum absolute atomic E-state index is 5.33. The van der Waals surface area contributed by atoms with Crippen molar-refractivity contribution in [1.29, 1.82) is 0 Å². The van der Waals surface area contributed by atoms with Crippen LogP contribution in [0.3, 0.4) is 0 Å². The molecular formula is C12H11BrN2OS. The molecule has 0 amide bonds. The molecule has 1 N–H and O–H groups in total. The number of hydrogen-bond donors (Lipinski definition) is 1. The van der Waals surface area contributed by atoms with E-state index in [1.165, 1.54) is 0 Å². The number of nitrogens with zero attached hydrogens (tertiary/aromatic N) is 1. The number of aryl methyl sites for hydroxylation is 1. The van der Waals surface area contributed by atoms with E-state index in [0.29, 0.717) is 4.77 Å². The molecule has 0 saturated carbocycles. The quantitative estimate of drug-likeness (QED) is 0.855. The molecule has 3 nitrogen and oxygen atoms in total. The summed E-state index contributed by atoms with van der Waals surface area (Å²) in [5, 5.41) is 0. The summed E-state index contributed by atoms with van der Waals surface area (Å²) in [7, 11) is 1.64. The van der Waals surface area contributed by atoms with E-state index in [-0.39, 0.29) is 0 Å². The molecule has 0 radical (unpaired) electrons. The zero-order valence-corrected chi connectivity index (χ0v) is 11.9. The minimum atomic E-state index is 0.474. The maximum Gasteiger partial charge on any atom is 0.197 e. The molecule has 0 unspecified atom stereocenters. The van der Waals surface area contributed by atoms with Gasteiger partial charge in [0, 0.05) is 15.7 Å². The van der Waals surface area contributed by atoms with Crippen molar-refractivity contribution >= 4 is 28.1 Å². The fourth-order valence-corrected chi connectivity index (χ4v) is 2.22. The Morgan fingerprint density at radius 3 is 2.76 bits per heavy atom. The number of aromatic amines is 1. The van der Waals surface area contributed by atoms with Gasteiger partial charge in [-0.1, -0.05) is 15.9 Å². The van der Waals surface area contributed by atoms with Crippen molar-refractivity contribution in [3.63, 3.8) is 0 Å². The molecule has 5 heteroatoms. The first-order chi connectivity index (χ1) is 8.10. The first kappa shape index (κ1) is 12.3. The highest BCUT2D eigenvalue weighted by Crippen LogP contribution is 2.31. The number of ether oxygens (including phenoxy) is 1. The molecule has 17 heavy (non-hydrogen) atoms. The third-order valence-corrected chi connectivity index (χ3v) is 3.00. The number of nitrogens with one attached hydrogen (secondary N) is 1. The van der Waals surface area contributed by atoms with Crippen LogP contribution in [0.15, 0.2) is 28.7 Å². The lowest BCUT2D eigenvalue weighted by atomic mass is 10.1. The van der Waals surface area contributed by atoms with Gasteiger partial charge in [-0.05, 0) is 43.4 Å². The summed E-state index contributed by atoms with van der Waals surface area (Å²) in [6, 6.07) is 7.74. The molecule has 88 valence electrons. The van der Waals surface area contributed by atoms with Gasteiger partial charge in [-0.3, -0.25) is 0 Å². The van der Waals surface area contributed by atoms with Gasteiger partial charge < -0.3 is 9.72 Å². The third kappa shape index (κ3) is 2.73. The average Bonchev–Trinajstić information content (AvgIpc) is 2.27. The summed E-state index contributed by atoms with van der Waals surface area (Å²) in [5.74, 6) is 0.778. The van der Waals surface area contributed by atoms with E-state index in [1.807, 2.05) is 31.2 Å². The Labute approximate surface area is 113 Å². The van der Waals surface area contributed by atoms with Crippen LogP contribution in [-0.2, 0) is 0 Å². The molecule has 0 spiro atoms. The standard InChI is InChI=1S/C12H11BrN2OS/c1-7-5-10(15-12(17)14-7)9-6-8(13)3-4-11(9)16-2/h3-6H,1-2H3,(H,14,15,17). The molecule has 2 rings (SSSR count). The van der Waals surface area contributed by atoms with Gasteiger partial charge in [0.2, 0.25) is 0 Å². The Balaban J connectivity index is 2.66. The van der Waals surface area contributed by atoms with Crippen LogP contribution >= 0.6 is 28.1 Å². The Morgan fingerprint density at radius 1 is 1.35 bits per heavy atom. The topological polar surface area (TPSA) is 37.9 Å². The van der Waals surface area contributed by atoms with E-state index in [2.05, 4.69) is 25.9 Å². The number of rotatable bonds is 2. The Hall–Kier alpha value is -1.20. The van der Waals surface area contributed by atoms with Gasteiger partial charge in [-0.15, -0.1) is 0 Å². The lowest BCUT2D eigenvalue weighted by Gasteiger charge is -2.08. The SMILES string of the molecule is COc1ccc(Br)cc1-c1cc(C)[nH]c(=S)n1. The van der Waals surface area contributed by atoms with Crippen LogP contribution < -0.4 is 4.74 Å². The zero-order chi connectivity index (χ0) is 12.4. The molecule has 0 aliphatic carbocycles. The van der Waals surface area contributed by atoms with Crippen molar-refractivity contribution in [3.05, 3.63) is 39.2 Å². The fourth-order valence-electron chi connectivity index (χ4n) is 1.60. The average molecular weight is 311 g/mol. The van der Waals surface area contributed by atoms with Crippen LogP contribution in [-0.4, -0.2) is 17.1 Å². The van der Waals surface area contributed by atoms with Crippen molar-refractivity contribution in [3.8, 4) is 17.0 Å². The van der Waals surface area contributed by atoms with Gasteiger partial charge in [-0.25, -0.2) is 4.98 Å². The Morgan fingerprint density at radius 2 is 2.12 bits per heavy atom. The van der Waals surface area contributed by atoms with Crippen molar-refractivity contribution in [2.24, 2.45) is 0 Å². The van der Waals surface area contributed by atoms with E-state index >= 15 is 0 Å². The van der Waals surface area contributed by atoms with E-state index in [0.717, 1.165) is 27.2 Å². The molecule has 1 heterocycles. The van der Waals surface area contributed by atoms with Gasteiger partial charge in [-0.2, -0.15) is 0 Å². The summed E-state index contributed by atoms with van der Waals surface area (Å²) in [5.41, 5.74) is 2.71. The van der Waals surface area contributed by atoms with Crippen LogP contribution in [0.2, 0.25) is 0 Å². The third-order valence-electron chi connectivity index (χ3n) is 2.32. The molecule has 0 aliphatic heterocycles. The fraction of sp³-hybridized carbons (Fsp3) is 0.167. The second-order valence-corrected chi connectivity index (χ2v) is 4.90. The summed E-state index contributed by atoms with van der Waals surface area (Å²) < 4.78 is 6.78. The Bertz CT molecular complexity index is 610. The number of hydrogen-bond acceptors (Lipinski definition) is 3. The number of methoxy groups -OCH3 is 1. The molecule has 0 bridgehead atoms. The van der Waals surface area contributed by atoms with Gasteiger partial charge in [0.1, 0.15) is 5.75 Å². The normalized spacial score (nSPS) is 10.3. The Kier molecular flexibility index (Phi) is 3.59. The maximum atomic E-state index is 5.33. The number of halogens is 1. The summed E-state index contributed by atoms with van der Waals surface area (Å²) in [4.78, 5) is 7.30. The van der Waals surface area contributed by atoms with E-state index in [4.69, 9.17) is 17.0 Å². The predicted octanol–water partition coefficient (Wildman–Crippen LogP) is 3.89. The minimum absolute atomic E-state index is 0.474. The molecule has 0 atom stereocenters. The van der Waals surface area contributed by atoms with Crippen LogP contribution in [0, 0.1) is 11.7 Å². The first-order valence-electron chi connectivity index (χ1n) is 5.02. The van der Waals surface area contributed by atoms with Gasteiger partial charge in [0.25, 0.3) is 0 Å². The molecule has 0 saturated heterocycles. The van der Waals surface area contributed by atoms with Crippen molar-refractivity contribution in [1.82, 2.24) is 9.97 Å². The highest BCUT2D eigenvalue weighted by molar-refractivity contribution is 9.10. The second kappa shape index (κ2) is 4.98. The van der Waals surface area contributed by atoms with Crippen LogP contribution in [0.1, 0.15) is 5.69 Å². The highest BCUT2D eigenvalue weighted by Gasteiger charge is 2.08. The molecule has 0 fully saturated rings. The first-order valence-corrected chi connectivity index (χ1v) is 6.22. The van der Waals surface area contributed by atoms with Gasteiger partial charge >= 0.3 is 0 Å². The number of benzene rings is 1. The van der Waals surface area contributed by atoms with E-state index in [1.54, 1.807) is 7.11 Å². The van der Waals surface area contributed by atoms with Crippen LogP contribution in [0.5, 0.6) is 5.75 Å². The lowest BCUT2D eigenvalue weighted by molar-refractivity contribution is 0.416. The minimum Gasteiger partial charge on any atom is -0.496 e. The van der Waals surface area contributed by atoms with E-state index < -0.39 is 0 Å². The van der Waals surface area contributed by atoms with Crippen molar-refractivity contribution < 1.29 is 4.74 Å². The largest absolute Gasteiger partial charge is 0.496 e. The van der Waals surface area contributed by atoms with Crippen molar-refractivity contribution in [2.75, 3.05) is 7.11 Å². The lowest BCUT2D eigenvalue weighted by Crippen LogP contribution is -1.93. The van der Waals surface area contributed by atoms with Gasteiger partial charge in [0.05, 0.1) is 12.8 Å². The number of H-pyrrole nitrogens is 1. The van der Waals surface area contributed by atoms with E-state index in [9.17, 15) is 0 Å². The molecule has 2 aromatic rings. The van der Waals surface area contributed by atoms with Crippen LogP contribution in [0.25, 0.3) is 11.3 Å². The summed E-state index contributed by atoms with van der Waals surface area (Å²) in [6.07, 6.45) is 0. The smallest absolute Gasteiger partial charge is 0.197 e. The monoisotopic (exact) mass is 310 g/mol. The molecule has 0 aliphatic rings. The molecular weight excluding hydrogens is 300 g/mol.